The Morgan fingerprint density at radius 1 is 0.943 bits per heavy atom. The average molecular weight is 534 g/mol. The number of pyridine rings is 1. The summed E-state index contributed by atoms with van der Waals surface area (Å²) in [6.07, 6.45) is 3.71. The monoisotopic (exact) mass is 532 g/mol. The molecule has 1 heterocycles. The number of amides is 1. The maximum Gasteiger partial charge on any atom is 0.223 e. The number of nitrogens with zero attached hydrogens (tertiary/aromatic N) is 1. The molecule has 2 aromatic carbocycles. The molecule has 0 radical (unpaired) electrons. The first-order valence-corrected chi connectivity index (χ1v) is 13.0. The molecular weight excluding hydrogens is 503 g/mol. The molecule has 35 heavy (non-hydrogen) atoms. The lowest BCUT2D eigenvalue weighted by Gasteiger charge is -2.19. The summed E-state index contributed by atoms with van der Waals surface area (Å²) in [7, 11) is 1.63. The molecule has 7 heteroatoms. The molecule has 1 amide bonds. The van der Waals surface area contributed by atoms with Crippen LogP contribution in [0.2, 0.25) is 15.1 Å². The minimum atomic E-state index is 0.0161. The van der Waals surface area contributed by atoms with Gasteiger partial charge in [0.15, 0.2) is 0 Å². The number of methoxy groups -OCH3 is 1. The van der Waals surface area contributed by atoms with E-state index in [1.165, 1.54) is 0 Å². The van der Waals surface area contributed by atoms with Crippen molar-refractivity contribution in [1.29, 1.82) is 0 Å². The number of benzene rings is 2. The number of aromatic nitrogens is 1. The summed E-state index contributed by atoms with van der Waals surface area (Å²) in [6.45, 7) is 4.88. The smallest absolute Gasteiger partial charge is 0.223 e. The molecule has 0 atom stereocenters. The molecule has 1 N–H and O–H groups in total. The number of hydrogen-bond acceptors (Lipinski definition) is 3. The second kappa shape index (κ2) is 13.3. The van der Waals surface area contributed by atoms with Crippen molar-refractivity contribution in [3.05, 3.63) is 74.9 Å². The van der Waals surface area contributed by atoms with Gasteiger partial charge in [0.2, 0.25) is 5.91 Å². The predicted molar refractivity (Wildman–Crippen MR) is 146 cm³/mol. The van der Waals surface area contributed by atoms with Gasteiger partial charge < -0.3 is 10.1 Å². The molecule has 0 saturated heterocycles. The van der Waals surface area contributed by atoms with Crippen molar-refractivity contribution in [1.82, 2.24) is 10.3 Å². The Hall–Kier alpha value is -2.11. The van der Waals surface area contributed by atoms with E-state index in [2.05, 4.69) is 19.2 Å². The van der Waals surface area contributed by atoms with Gasteiger partial charge in [-0.05, 0) is 48.7 Å². The van der Waals surface area contributed by atoms with E-state index < -0.39 is 0 Å². The Morgan fingerprint density at radius 2 is 1.60 bits per heavy atom. The summed E-state index contributed by atoms with van der Waals surface area (Å²) in [5, 5.41) is 4.85. The van der Waals surface area contributed by atoms with Crippen LogP contribution in [0.5, 0.6) is 0 Å². The molecule has 1 aromatic heterocycles. The highest BCUT2D eigenvalue weighted by Gasteiger charge is 2.20. The third-order valence-corrected chi connectivity index (χ3v) is 6.71. The van der Waals surface area contributed by atoms with E-state index in [9.17, 15) is 4.79 Å². The molecule has 0 saturated carbocycles. The number of rotatable bonds is 11. The Balaban J connectivity index is 2.08. The first-order chi connectivity index (χ1) is 16.9. The fourth-order valence-electron chi connectivity index (χ4n) is 4.18. The van der Waals surface area contributed by atoms with Gasteiger partial charge in [-0.2, -0.15) is 0 Å². The SMILES string of the molecule is CCCC(CCC)C(=O)NCc1cc(-c2ccc(Cl)cc2Cl)c(-c2ccc(Cl)cc2)nc1COC. The Kier molecular flexibility index (Phi) is 10.4. The predicted octanol–water partition coefficient (Wildman–Crippen LogP) is 8.35. The summed E-state index contributed by atoms with van der Waals surface area (Å²) in [6, 6.07) is 15.0. The molecule has 0 unspecified atom stereocenters. The van der Waals surface area contributed by atoms with Crippen LogP contribution in [0.3, 0.4) is 0 Å². The lowest BCUT2D eigenvalue weighted by molar-refractivity contribution is -0.125. The van der Waals surface area contributed by atoms with Crippen LogP contribution in [0.1, 0.15) is 50.8 Å². The topological polar surface area (TPSA) is 51.2 Å². The van der Waals surface area contributed by atoms with E-state index in [1.807, 2.05) is 36.4 Å². The van der Waals surface area contributed by atoms with Crippen LogP contribution in [0.15, 0.2) is 48.5 Å². The van der Waals surface area contributed by atoms with Crippen molar-refractivity contribution >= 4 is 40.7 Å². The van der Waals surface area contributed by atoms with Crippen LogP contribution in [0, 0.1) is 5.92 Å². The molecular formula is C28H31Cl3N2O2. The van der Waals surface area contributed by atoms with E-state index in [0.29, 0.717) is 28.2 Å². The normalized spacial score (nSPS) is 11.2. The van der Waals surface area contributed by atoms with E-state index in [4.69, 9.17) is 44.5 Å². The van der Waals surface area contributed by atoms with Crippen molar-refractivity contribution in [2.75, 3.05) is 7.11 Å². The summed E-state index contributed by atoms with van der Waals surface area (Å²) < 4.78 is 5.46. The molecule has 0 aliphatic carbocycles. The van der Waals surface area contributed by atoms with E-state index in [1.54, 1.807) is 19.2 Å². The van der Waals surface area contributed by atoms with Gasteiger partial charge in [0.1, 0.15) is 0 Å². The van der Waals surface area contributed by atoms with Crippen molar-refractivity contribution in [3.63, 3.8) is 0 Å². The number of ether oxygens (including phenoxy) is 1. The standard InChI is InChI=1S/C28H31Cl3N2O2/c1-4-6-19(7-5-2)28(34)32-16-20-14-24(23-13-12-22(30)15-25(23)31)27(33-26(20)17-35-3)18-8-10-21(29)11-9-18/h8-15,19H,4-7,16-17H2,1-3H3,(H,32,34). The Bertz CT molecular complexity index is 1140. The summed E-state index contributed by atoms with van der Waals surface area (Å²) >= 11 is 18.9. The molecule has 3 aromatic rings. The number of halogens is 3. The van der Waals surface area contributed by atoms with Gasteiger partial charge in [-0.25, -0.2) is 4.98 Å². The quantitative estimate of drug-likeness (QED) is 0.269. The van der Waals surface area contributed by atoms with Crippen molar-refractivity contribution < 1.29 is 9.53 Å². The van der Waals surface area contributed by atoms with Crippen LogP contribution in [-0.4, -0.2) is 18.0 Å². The van der Waals surface area contributed by atoms with Gasteiger partial charge in [-0.15, -0.1) is 0 Å². The molecule has 186 valence electrons. The summed E-state index contributed by atoms with van der Waals surface area (Å²) in [5.74, 6) is 0.0901. The van der Waals surface area contributed by atoms with Gasteiger partial charge in [-0.3, -0.25) is 4.79 Å². The lowest BCUT2D eigenvalue weighted by Crippen LogP contribution is -2.30. The molecule has 0 bridgehead atoms. The maximum absolute atomic E-state index is 12.9. The van der Waals surface area contributed by atoms with E-state index in [-0.39, 0.29) is 11.8 Å². The van der Waals surface area contributed by atoms with Crippen LogP contribution in [0.25, 0.3) is 22.4 Å². The van der Waals surface area contributed by atoms with Gasteiger partial charge in [0.05, 0.1) is 18.0 Å². The van der Waals surface area contributed by atoms with Gasteiger partial charge in [0.25, 0.3) is 0 Å². The average Bonchev–Trinajstić information content (AvgIpc) is 2.83. The van der Waals surface area contributed by atoms with Crippen LogP contribution < -0.4 is 5.32 Å². The summed E-state index contributed by atoms with van der Waals surface area (Å²) in [5.41, 5.74) is 4.94. The highest BCUT2D eigenvalue weighted by atomic mass is 35.5. The van der Waals surface area contributed by atoms with Crippen LogP contribution in [-0.2, 0) is 22.7 Å². The molecule has 4 nitrogen and oxygen atoms in total. The first kappa shape index (κ1) is 27.5. The van der Waals surface area contributed by atoms with Crippen LogP contribution in [0.4, 0.5) is 0 Å². The second-order valence-electron chi connectivity index (χ2n) is 8.55. The van der Waals surface area contributed by atoms with Gasteiger partial charge >= 0.3 is 0 Å². The van der Waals surface area contributed by atoms with Gasteiger partial charge in [-0.1, -0.05) is 79.7 Å². The minimum Gasteiger partial charge on any atom is -0.378 e. The van der Waals surface area contributed by atoms with E-state index in [0.717, 1.165) is 59.3 Å². The summed E-state index contributed by atoms with van der Waals surface area (Å²) in [4.78, 5) is 17.9. The molecule has 0 fully saturated rings. The largest absolute Gasteiger partial charge is 0.378 e. The fourth-order valence-corrected chi connectivity index (χ4v) is 4.82. The molecule has 0 aliphatic rings. The van der Waals surface area contributed by atoms with Crippen molar-refractivity contribution in [2.24, 2.45) is 5.92 Å². The zero-order chi connectivity index (χ0) is 25.4. The minimum absolute atomic E-state index is 0.0161. The fraction of sp³-hybridized carbons (Fsp3) is 0.357. The highest BCUT2D eigenvalue weighted by Crippen LogP contribution is 2.38. The maximum atomic E-state index is 12.9. The lowest BCUT2D eigenvalue weighted by atomic mass is 9.95. The van der Waals surface area contributed by atoms with Crippen molar-refractivity contribution in [2.45, 2.75) is 52.7 Å². The first-order valence-electron chi connectivity index (χ1n) is 11.9. The number of nitrogens with one attached hydrogen (secondary N) is 1. The molecule has 0 aliphatic heterocycles. The third-order valence-electron chi connectivity index (χ3n) is 5.91. The Morgan fingerprint density at radius 3 is 2.20 bits per heavy atom. The Labute approximate surface area is 223 Å². The highest BCUT2D eigenvalue weighted by molar-refractivity contribution is 6.36. The number of carbonyl (C=O) groups excluding carboxylic acids is 1. The zero-order valence-electron chi connectivity index (χ0n) is 20.3. The van der Waals surface area contributed by atoms with E-state index >= 15 is 0 Å². The second-order valence-corrected chi connectivity index (χ2v) is 9.83. The number of carbonyl (C=O) groups is 1. The van der Waals surface area contributed by atoms with Crippen LogP contribution >= 0.6 is 34.8 Å². The number of hydrogen-bond donors (Lipinski definition) is 1. The van der Waals surface area contributed by atoms with Gasteiger partial charge in [0, 0.05) is 51.3 Å². The zero-order valence-corrected chi connectivity index (χ0v) is 22.6. The molecule has 3 rings (SSSR count). The molecule has 0 spiro atoms. The van der Waals surface area contributed by atoms with Crippen molar-refractivity contribution in [3.8, 4) is 22.4 Å². The third kappa shape index (κ3) is 7.20.